The van der Waals surface area contributed by atoms with Gasteiger partial charge in [0.05, 0.1) is 7.11 Å². The van der Waals surface area contributed by atoms with Gasteiger partial charge in [-0.05, 0) is 13.3 Å². The molecule has 116 valence electrons. The number of nitrogens with zero attached hydrogens (tertiary/aromatic N) is 4. The highest BCUT2D eigenvalue weighted by Gasteiger charge is 2.19. The number of halogens is 1. The van der Waals surface area contributed by atoms with Crippen LogP contribution in [0.2, 0.25) is 0 Å². The summed E-state index contributed by atoms with van der Waals surface area (Å²) >= 11 is 5.92. The number of hydrogen-bond donors (Lipinski definition) is 0. The van der Waals surface area contributed by atoms with Gasteiger partial charge in [-0.3, -0.25) is 0 Å². The highest BCUT2D eigenvalue weighted by atomic mass is 35.5. The van der Waals surface area contributed by atoms with E-state index in [1.54, 1.807) is 7.11 Å². The lowest BCUT2D eigenvalue weighted by atomic mass is 10.1. The number of aryl methyl sites for hydroxylation is 1. The van der Waals surface area contributed by atoms with Gasteiger partial charge in [0.2, 0.25) is 5.88 Å². The topological polar surface area (TPSA) is 52.8 Å². The summed E-state index contributed by atoms with van der Waals surface area (Å²) in [5.41, 5.74) is 1.56. The van der Waals surface area contributed by atoms with E-state index in [9.17, 15) is 0 Å². The van der Waals surface area contributed by atoms with Crippen molar-refractivity contribution >= 4 is 22.8 Å². The Hall–Kier alpha value is -1.36. The molecule has 1 atom stereocenters. The van der Waals surface area contributed by atoms with Crippen LogP contribution in [0.25, 0.3) is 11.2 Å². The van der Waals surface area contributed by atoms with Crippen LogP contribution in [-0.2, 0) is 6.42 Å². The van der Waals surface area contributed by atoms with Crippen molar-refractivity contribution in [2.45, 2.75) is 52.0 Å². The number of hydrogen-bond acceptors (Lipinski definition) is 4. The van der Waals surface area contributed by atoms with Crippen molar-refractivity contribution in [3.63, 3.8) is 0 Å². The monoisotopic (exact) mass is 310 g/mol. The third kappa shape index (κ3) is 3.46. The molecule has 6 heteroatoms. The Morgan fingerprint density at radius 1 is 1.33 bits per heavy atom. The van der Waals surface area contributed by atoms with Crippen molar-refractivity contribution in [1.82, 2.24) is 19.5 Å². The van der Waals surface area contributed by atoms with Gasteiger partial charge in [-0.1, -0.05) is 26.2 Å². The minimum atomic E-state index is 0.347. The average molecular weight is 311 g/mol. The Labute approximate surface area is 130 Å². The summed E-state index contributed by atoms with van der Waals surface area (Å²) in [5, 5.41) is 0. The molecule has 0 aromatic carbocycles. The molecule has 21 heavy (non-hydrogen) atoms. The van der Waals surface area contributed by atoms with E-state index in [1.165, 1.54) is 25.6 Å². The number of ether oxygens (including phenoxy) is 1. The second kappa shape index (κ2) is 7.59. The van der Waals surface area contributed by atoms with Gasteiger partial charge in [0.25, 0.3) is 0 Å². The van der Waals surface area contributed by atoms with Crippen LogP contribution in [0.4, 0.5) is 0 Å². The molecule has 0 radical (unpaired) electrons. The number of alkyl halides is 1. The summed E-state index contributed by atoms with van der Waals surface area (Å²) in [6, 6.07) is 0.347. The Morgan fingerprint density at radius 3 is 2.81 bits per heavy atom. The lowest BCUT2D eigenvalue weighted by molar-refractivity contribution is 0.401. The number of unbranched alkanes of at least 4 members (excludes halogenated alkanes) is 2. The minimum Gasteiger partial charge on any atom is -0.479 e. The van der Waals surface area contributed by atoms with Gasteiger partial charge < -0.3 is 9.30 Å². The number of fused-ring (bicyclic) bond motifs is 1. The molecule has 0 spiro atoms. The van der Waals surface area contributed by atoms with Crippen LogP contribution >= 0.6 is 11.6 Å². The van der Waals surface area contributed by atoms with Crippen molar-refractivity contribution < 1.29 is 4.74 Å². The summed E-state index contributed by atoms with van der Waals surface area (Å²) in [6.07, 6.45) is 7.05. The lowest BCUT2D eigenvalue weighted by Gasteiger charge is -2.16. The van der Waals surface area contributed by atoms with Crippen LogP contribution < -0.4 is 4.74 Å². The zero-order chi connectivity index (χ0) is 15.2. The van der Waals surface area contributed by atoms with Crippen molar-refractivity contribution in [3.8, 4) is 5.88 Å². The Bertz CT molecular complexity index is 584. The van der Waals surface area contributed by atoms with Gasteiger partial charge in [0.15, 0.2) is 11.2 Å². The third-order valence-electron chi connectivity index (χ3n) is 3.69. The Balaban J connectivity index is 2.41. The van der Waals surface area contributed by atoms with Gasteiger partial charge in [-0.15, -0.1) is 11.6 Å². The summed E-state index contributed by atoms with van der Waals surface area (Å²) in [5.74, 6) is 2.03. The van der Waals surface area contributed by atoms with Crippen LogP contribution in [0.3, 0.4) is 0 Å². The molecule has 0 aliphatic carbocycles. The molecular weight excluding hydrogens is 288 g/mol. The summed E-state index contributed by atoms with van der Waals surface area (Å²) in [4.78, 5) is 13.2. The molecule has 0 aliphatic rings. The molecule has 0 amide bonds. The number of methoxy groups -OCH3 is 1. The molecule has 2 heterocycles. The van der Waals surface area contributed by atoms with Crippen molar-refractivity contribution in [3.05, 3.63) is 12.2 Å². The van der Waals surface area contributed by atoms with Crippen LogP contribution in [0.1, 0.15) is 51.4 Å². The van der Waals surface area contributed by atoms with Crippen molar-refractivity contribution in [1.29, 1.82) is 0 Å². The van der Waals surface area contributed by atoms with E-state index in [1.807, 2.05) is 0 Å². The van der Waals surface area contributed by atoms with E-state index in [0.29, 0.717) is 17.8 Å². The maximum atomic E-state index is 5.92. The van der Waals surface area contributed by atoms with E-state index in [-0.39, 0.29) is 0 Å². The Kier molecular flexibility index (Phi) is 5.79. The van der Waals surface area contributed by atoms with E-state index < -0.39 is 0 Å². The van der Waals surface area contributed by atoms with Crippen LogP contribution in [-0.4, -0.2) is 32.5 Å². The minimum absolute atomic E-state index is 0.347. The van der Waals surface area contributed by atoms with Crippen molar-refractivity contribution in [2.75, 3.05) is 13.0 Å². The molecule has 0 bridgehead atoms. The first-order chi connectivity index (χ1) is 10.2. The SMILES string of the molecule is CCCCCC(C)n1c(CCCl)nc2c(OC)ncnc21. The molecule has 0 N–H and O–H groups in total. The zero-order valence-corrected chi connectivity index (χ0v) is 13.7. The summed E-state index contributed by atoms with van der Waals surface area (Å²) < 4.78 is 7.48. The first-order valence-corrected chi connectivity index (χ1v) is 8.08. The first kappa shape index (κ1) is 16.0. The lowest BCUT2D eigenvalue weighted by Crippen LogP contribution is -2.11. The van der Waals surface area contributed by atoms with Gasteiger partial charge in [-0.25, -0.2) is 9.97 Å². The largest absolute Gasteiger partial charge is 0.479 e. The average Bonchev–Trinajstić information content (AvgIpc) is 2.85. The molecule has 0 saturated heterocycles. The maximum Gasteiger partial charge on any atom is 0.245 e. The molecule has 0 aliphatic heterocycles. The smallest absolute Gasteiger partial charge is 0.245 e. The molecule has 2 rings (SSSR count). The molecule has 0 saturated carbocycles. The second-order valence-corrected chi connectivity index (χ2v) is 5.61. The number of imidazole rings is 1. The second-order valence-electron chi connectivity index (χ2n) is 5.24. The quantitative estimate of drug-likeness (QED) is 0.550. The van der Waals surface area contributed by atoms with E-state index in [4.69, 9.17) is 16.3 Å². The highest BCUT2D eigenvalue weighted by Crippen LogP contribution is 2.27. The normalized spacial score (nSPS) is 12.8. The van der Waals surface area contributed by atoms with Gasteiger partial charge in [0.1, 0.15) is 12.2 Å². The predicted molar refractivity (Wildman–Crippen MR) is 85.2 cm³/mol. The molecule has 0 fully saturated rings. The fourth-order valence-electron chi connectivity index (χ4n) is 2.63. The maximum absolute atomic E-state index is 5.92. The molecular formula is C15H23ClN4O. The van der Waals surface area contributed by atoms with E-state index in [0.717, 1.165) is 29.8 Å². The standard InChI is InChI=1S/C15H23ClN4O/c1-4-5-6-7-11(2)20-12(8-9-16)19-13-14(20)17-10-18-15(13)21-3/h10-11H,4-9H2,1-3H3. The predicted octanol–water partition coefficient (Wildman–Crippen LogP) is 3.76. The summed E-state index contributed by atoms with van der Waals surface area (Å²) in [6.45, 7) is 4.43. The molecule has 2 aromatic heterocycles. The van der Waals surface area contributed by atoms with Crippen molar-refractivity contribution in [2.24, 2.45) is 0 Å². The van der Waals surface area contributed by atoms with Crippen LogP contribution in [0, 0.1) is 0 Å². The zero-order valence-electron chi connectivity index (χ0n) is 13.0. The number of rotatable bonds is 8. The fourth-order valence-corrected chi connectivity index (χ4v) is 2.79. The third-order valence-corrected chi connectivity index (χ3v) is 3.88. The fraction of sp³-hybridized carbons (Fsp3) is 0.667. The van der Waals surface area contributed by atoms with Gasteiger partial charge >= 0.3 is 0 Å². The van der Waals surface area contributed by atoms with Crippen LogP contribution in [0.15, 0.2) is 6.33 Å². The number of aromatic nitrogens is 4. The molecule has 2 aromatic rings. The molecule has 5 nitrogen and oxygen atoms in total. The molecule has 1 unspecified atom stereocenters. The summed E-state index contributed by atoms with van der Waals surface area (Å²) in [7, 11) is 1.60. The van der Waals surface area contributed by atoms with E-state index in [2.05, 4.69) is 33.4 Å². The van der Waals surface area contributed by atoms with Crippen LogP contribution in [0.5, 0.6) is 5.88 Å². The highest BCUT2D eigenvalue weighted by molar-refractivity contribution is 6.17. The Morgan fingerprint density at radius 2 is 2.14 bits per heavy atom. The first-order valence-electron chi connectivity index (χ1n) is 7.54. The van der Waals surface area contributed by atoms with E-state index >= 15 is 0 Å². The van der Waals surface area contributed by atoms with Gasteiger partial charge in [0, 0.05) is 18.3 Å². The van der Waals surface area contributed by atoms with Gasteiger partial charge in [-0.2, -0.15) is 4.98 Å².